The smallest absolute Gasteiger partial charge is 0.271 e. The van der Waals surface area contributed by atoms with Crippen LogP contribution in [0.15, 0.2) is 12.1 Å². The number of carbonyl (C=O) groups is 2. The van der Waals surface area contributed by atoms with Gasteiger partial charge < -0.3 is 10.6 Å². The summed E-state index contributed by atoms with van der Waals surface area (Å²) >= 11 is 11.5. The first kappa shape index (κ1) is 12.1. The molecule has 0 saturated carbocycles. The van der Waals surface area contributed by atoms with Crippen molar-refractivity contribution in [3.63, 3.8) is 0 Å². The molecular weight excluding hydrogens is 265 g/mol. The number of halogens is 2. The molecule has 0 bridgehead atoms. The van der Waals surface area contributed by atoms with Gasteiger partial charge in [0.05, 0.1) is 11.1 Å². The molecule has 0 radical (unpaired) electrons. The van der Waals surface area contributed by atoms with Gasteiger partial charge in [-0.25, -0.2) is 4.98 Å². The Hall–Kier alpha value is -1.33. The molecule has 1 fully saturated rings. The monoisotopic (exact) mass is 273 g/mol. The van der Waals surface area contributed by atoms with Gasteiger partial charge in [0, 0.05) is 13.0 Å². The van der Waals surface area contributed by atoms with Crippen molar-refractivity contribution < 1.29 is 9.59 Å². The number of hydrogen-bond donors (Lipinski definition) is 2. The van der Waals surface area contributed by atoms with E-state index in [1.54, 1.807) is 0 Å². The molecule has 5 nitrogen and oxygen atoms in total. The standard InChI is InChI=1S/C10H9Cl2N3O2/c11-6-1-2-7(12)15-9(6)10(17)14-5-3-8(16)13-4-5/h1-2,5H,3-4H2,(H,13,16)(H,14,17). The minimum atomic E-state index is -0.431. The van der Waals surface area contributed by atoms with E-state index in [0.29, 0.717) is 6.54 Å². The molecular formula is C10H9Cl2N3O2. The van der Waals surface area contributed by atoms with Gasteiger partial charge in [-0.3, -0.25) is 9.59 Å². The van der Waals surface area contributed by atoms with Gasteiger partial charge in [-0.15, -0.1) is 0 Å². The maximum Gasteiger partial charge on any atom is 0.271 e. The van der Waals surface area contributed by atoms with Crippen LogP contribution in [0.1, 0.15) is 16.9 Å². The Labute approximate surface area is 107 Å². The molecule has 1 atom stereocenters. The quantitative estimate of drug-likeness (QED) is 0.790. The maximum absolute atomic E-state index is 11.8. The fourth-order valence-corrected chi connectivity index (χ4v) is 1.88. The fraction of sp³-hybridized carbons (Fsp3) is 0.300. The molecule has 1 aromatic heterocycles. The third-order valence-corrected chi connectivity index (χ3v) is 2.86. The second kappa shape index (κ2) is 4.89. The molecule has 1 unspecified atom stereocenters. The van der Waals surface area contributed by atoms with Crippen molar-refractivity contribution >= 4 is 35.0 Å². The van der Waals surface area contributed by atoms with Gasteiger partial charge in [-0.2, -0.15) is 0 Å². The van der Waals surface area contributed by atoms with Gasteiger partial charge >= 0.3 is 0 Å². The zero-order valence-corrected chi connectivity index (χ0v) is 10.2. The number of nitrogens with one attached hydrogen (secondary N) is 2. The third-order valence-electron chi connectivity index (χ3n) is 2.34. The summed E-state index contributed by atoms with van der Waals surface area (Å²) in [6.07, 6.45) is 0.268. The molecule has 0 spiro atoms. The fourth-order valence-electron chi connectivity index (χ4n) is 1.54. The van der Waals surface area contributed by atoms with Crippen LogP contribution in [-0.4, -0.2) is 29.4 Å². The average Bonchev–Trinajstić information content (AvgIpc) is 2.67. The SMILES string of the molecule is O=C1CC(NC(=O)c2nc(Cl)ccc2Cl)CN1. The highest BCUT2D eigenvalue weighted by atomic mass is 35.5. The van der Waals surface area contributed by atoms with Crippen LogP contribution in [0.4, 0.5) is 0 Å². The van der Waals surface area contributed by atoms with E-state index in [-0.39, 0.29) is 34.2 Å². The molecule has 0 aromatic carbocycles. The first-order valence-electron chi connectivity index (χ1n) is 4.96. The van der Waals surface area contributed by atoms with Crippen LogP contribution in [0.5, 0.6) is 0 Å². The van der Waals surface area contributed by atoms with Crippen molar-refractivity contribution in [1.29, 1.82) is 0 Å². The lowest BCUT2D eigenvalue weighted by molar-refractivity contribution is -0.119. The van der Waals surface area contributed by atoms with Gasteiger partial charge in [0.15, 0.2) is 0 Å². The molecule has 2 heterocycles. The number of pyridine rings is 1. The average molecular weight is 274 g/mol. The molecule has 17 heavy (non-hydrogen) atoms. The number of hydrogen-bond acceptors (Lipinski definition) is 3. The van der Waals surface area contributed by atoms with Gasteiger partial charge in [0.2, 0.25) is 5.91 Å². The molecule has 1 aliphatic rings. The lowest BCUT2D eigenvalue weighted by atomic mass is 10.2. The summed E-state index contributed by atoms with van der Waals surface area (Å²) in [6.45, 7) is 0.419. The lowest BCUT2D eigenvalue weighted by Crippen LogP contribution is -2.36. The van der Waals surface area contributed by atoms with E-state index in [1.807, 2.05) is 0 Å². The highest BCUT2D eigenvalue weighted by molar-refractivity contribution is 6.34. The Morgan fingerprint density at radius 3 is 2.88 bits per heavy atom. The van der Waals surface area contributed by atoms with Crippen LogP contribution in [-0.2, 0) is 4.79 Å². The van der Waals surface area contributed by atoms with Crippen molar-refractivity contribution in [3.05, 3.63) is 28.0 Å². The van der Waals surface area contributed by atoms with Crippen molar-refractivity contribution in [1.82, 2.24) is 15.6 Å². The van der Waals surface area contributed by atoms with Crippen LogP contribution in [0.25, 0.3) is 0 Å². The van der Waals surface area contributed by atoms with Gasteiger partial charge in [0.1, 0.15) is 10.8 Å². The van der Waals surface area contributed by atoms with Gasteiger partial charge in [0.25, 0.3) is 5.91 Å². The largest absolute Gasteiger partial charge is 0.354 e. The maximum atomic E-state index is 11.8. The van der Waals surface area contributed by atoms with Crippen molar-refractivity contribution in [2.45, 2.75) is 12.5 Å². The van der Waals surface area contributed by atoms with Gasteiger partial charge in [-0.1, -0.05) is 23.2 Å². The Kier molecular flexibility index (Phi) is 3.49. The zero-order chi connectivity index (χ0) is 12.4. The molecule has 90 valence electrons. The van der Waals surface area contributed by atoms with E-state index >= 15 is 0 Å². The Balaban J connectivity index is 2.09. The molecule has 2 rings (SSSR count). The third kappa shape index (κ3) is 2.87. The van der Waals surface area contributed by atoms with Crippen LogP contribution < -0.4 is 10.6 Å². The van der Waals surface area contributed by atoms with E-state index in [4.69, 9.17) is 23.2 Å². The van der Waals surface area contributed by atoms with E-state index in [0.717, 1.165) is 0 Å². The first-order valence-corrected chi connectivity index (χ1v) is 5.71. The normalized spacial score (nSPS) is 18.9. The van der Waals surface area contributed by atoms with Crippen LogP contribution >= 0.6 is 23.2 Å². The van der Waals surface area contributed by atoms with E-state index in [9.17, 15) is 9.59 Å². The predicted octanol–water partition coefficient (Wildman–Crippen LogP) is 1.01. The van der Waals surface area contributed by atoms with Gasteiger partial charge in [-0.05, 0) is 12.1 Å². The summed E-state index contributed by atoms with van der Waals surface area (Å²) in [6, 6.07) is 2.78. The predicted molar refractivity (Wildman–Crippen MR) is 63.1 cm³/mol. The topological polar surface area (TPSA) is 71.1 Å². The molecule has 7 heteroatoms. The molecule has 0 aliphatic carbocycles. The molecule has 1 aromatic rings. The minimum absolute atomic E-state index is 0.0681. The molecule has 2 N–H and O–H groups in total. The second-order valence-corrected chi connectivity index (χ2v) is 4.44. The highest BCUT2D eigenvalue weighted by Gasteiger charge is 2.24. The summed E-state index contributed by atoms with van der Waals surface area (Å²) in [5.74, 6) is -0.514. The van der Waals surface area contributed by atoms with Crippen molar-refractivity contribution in [3.8, 4) is 0 Å². The number of amides is 2. The Morgan fingerprint density at radius 2 is 2.24 bits per heavy atom. The summed E-state index contributed by atoms with van der Waals surface area (Å²) in [5.41, 5.74) is 0.0681. The Morgan fingerprint density at radius 1 is 1.47 bits per heavy atom. The summed E-state index contributed by atoms with van der Waals surface area (Å²) in [4.78, 5) is 26.6. The minimum Gasteiger partial charge on any atom is -0.354 e. The number of nitrogens with zero attached hydrogens (tertiary/aromatic N) is 1. The van der Waals surface area contributed by atoms with Crippen LogP contribution in [0.2, 0.25) is 10.2 Å². The Bertz CT molecular complexity index is 479. The highest BCUT2D eigenvalue weighted by Crippen LogP contribution is 2.17. The molecule has 1 saturated heterocycles. The van der Waals surface area contributed by atoms with Crippen LogP contribution in [0, 0.1) is 0 Å². The van der Waals surface area contributed by atoms with E-state index < -0.39 is 5.91 Å². The van der Waals surface area contributed by atoms with Crippen molar-refractivity contribution in [2.75, 3.05) is 6.54 Å². The number of carbonyl (C=O) groups excluding carboxylic acids is 2. The second-order valence-electron chi connectivity index (χ2n) is 3.64. The number of rotatable bonds is 2. The lowest BCUT2D eigenvalue weighted by Gasteiger charge is -2.10. The molecule has 1 aliphatic heterocycles. The van der Waals surface area contributed by atoms with E-state index in [1.165, 1.54) is 12.1 Å². The molecule has 2 amide bonds. The zero-order valence-electron chi connectivity index (χ0n) is 8.67. The number of aromatic nitrogens is 1. The summed E-state index contributed by atoms with van der Waals surface area (Å²) in [5, 5.41) is 5.71. The van der Waals surface area contributed by atoms with Crippen molar-refractivity contribution in [2.24, 2.45) is 0 Å². The van der Waals surface area contributed by atoms with E-state index in [2.05, 4.69) is 15.6 Å². The summed E-state index contributed by atoms with van der Waals surface area (Å²) in [7, 11) is 0. The van der Waals surface area contributed by atoms with Crippen LogP contribution in [0.3, 0.4) is 0 Å². The summed E-state index contributed by atoms with van der Waals surface area (Å²) < 4.78 is 0. The first-order chi connectivity index (χ1) is 8.06.